The molecule has 32 heavy (non-hydrogen) atoms. The van der Waals surface area contributed by atoms with Crippen molar-refractivity contribution in [1.29, 1.82) is 0 Å². The Balaban J connectivity index is 2.30. The van der Waals surface area contributed by atoms with E-state index < -0.39 is 0 Å². The Kier molecular flexibility index (Phi) is 13.9. The number of hydrogen-bond acceptors (Lipinski definition) is 4. The minimum atomic E-state index is 0.660. The smallest absolute Gasteiger partial charge is 0.122 e. The van der Waals surface area contributed by atoms with Gasteiger partial charge in [0.2, 0.25) is 0 Å². The van der Waals surface area contributed by atoms with Crippen LogP contribution in [0.5, 0.6) is 0 Å². The van der Waals surface area contributed by atoms with Gasteiger partial charge in [-0.2, -0.15) is 0 Å². The first-order valence-electron chi connectivity index (χ1n) is 12.6. The van der Waals surface area contributed by atoms with Crippen LogP contribution < -0.4 is 0 Å². The maximum absolute atomic E-state index is 5.46. The number of oxime groups is 2. The largest absolute Gasteiger partial charge is 0.396 e. The minimum absolute atomic E-state index is 0.660. The van der Waals surface area contributed by atoms with Gasteiger partial charge in [0.25, 0.3) is 0 Å². The molecule has 1 rings (SSSR count). The van der Waals surface area contributed by atoms with E-state index in [4.69, 9.17) is 9.68 Å². The predicted molar refractivity (Wildman–Crippen MR) is 136 cm³/mol. The van der Waals surface area contributed by atoms with Gasteiger partial charge in [0.15, 0.2) is 0 Å². The molecule has 0 N–H and O–H groups in total. The average Bonchev–Trinajstić information content (AvgIpc) is 2.85. The zero-order valence-corrected chi connectivity index (χ0v) is 21.6. The maximum atomic E-state index is 5.46. The Hall–Kier alpha value is -1.92. The van der Waals surface area contributed by atoms with Gasteiger partial charge in [0.05, 0.1) is 64.8 Å². The molecule has 0 aliphatic heterocycles. The van der Waals surface area contributed by atoms with Gasteiger partial charge in [-0.25, -0.2) is 0 Å². The molecule has 0 aromatic heterocycles. The van der Waals surface area contributed by atoms with Gasteiger partial charge in [0.1, 0.15) is 13.2 Å². The molecule has 0 aliphatic rings. The molecule has 0 fully saturated rings. The molecule has 0 aliphatic carbocycles. The van der Waals surface area contributed by atoms with Crippen molar-refractivity contribution in [2.24, 2.45) is 10.3 Å². The number of rotatable bonds is 18. The van der Waals surface area contributed by atoms with Gasteiger partial charge in [-0.3, -0.25) is 0 Å². The molecule has 1 aromatic carbocycles. The van der Waals surface area contributed by atoms with Crippen molar-refractivity contribution < 1.29 is 18.6 Å². The molecule has 0 spiro atoms. The molecule has 6 heteroatoms. The lowest BCUT2D eigenvalue weighted by Crippen LogP contribution is -2.48. The van der Waals surface area contributed by atoms with Crippen LogP contribution in [-0.4, -0.2) is 87.0 Å². The zero-order valence-electron chi connectivity index (χ0n) is 21.6. The summed E-state index contributed by atoms with van der Waals surface area (Å²) >= 11 is 0. The summed E-state index contributed by atoms with van der Waals surface area (Å²) in [6, 6.07) is 8.04. The first kappa shape index (κ1) is 28.1. The minimum Gasteiger partial charge on any atom is -0.396 e. The van der Waals surface area contributed by atoms with E-state index in [0.717, 1.165) is 46.0 Å². The fourth-order valence-corrected chi connectivity index (χ4v) is 4.19. The SMILES string of the molecule is CC[N+](CC)(CC)CCCO/N=C\c1ccc(/C=N\OCCC[N+](CC)(CC)CC)cc1. The van der Waals surface area contributed by atoms with Crippen molar-refractivity contribution in [3.63, 3.8) is 0 Å². The summed E-state index contributed by atoms with van der Waals surface area (Å²) in [6.07, 6.45) is 5.58. The molecule has 1 aromatic rings. The van der Waals surface area contributed by atoms with Crippen molar-refractivity contribution in [1.82, 2.24) is 0 Å². The summed E-state index contributed by atoms with van der Waals surface area (Å²) < 4.78 is 2.30. The van der Waals surface area contributed by atoms with Gasteiger partial charge in [-0.15, -0.1) is 0 Å². The molecule has 0 radical (unpaired) electrons. The molecular weight excluding hydrogens is 400 g/mol. The molecule has 0 saturated carbocycles. The Bertz CT molecular complexity index is 577. The van der Waals surface area contributed by atoms with Gasteiger partial charge < -0.3 is 18.6 Å². The second-order valence-electron chi connectivity index (χ2n) is 8.54. The average molecular weight is 449 g/mol. The lowest BCUT2D eigenvalue weighted by atomic mass is 10.2. The summed E-state index contributed by atoms with van der Waals surface area (Å²) in [4.78, 5) is 10.9. The second-order valence-corrected chi connectivity index (χ2v) is 8.54. The highest BCUT2D eigenvalue weighted by Gasteiger charge is 2.20. The van der Waals surface area contributed by atoms with Crippen LogP contribution in [0, 0.1) is 0 Å². The van der Waals surface area contributed by atoms with E-state index in [1.165, 1.54) is 39.3 Å². The molecule has 0 bridgehead atoms. The first-order chi connectivity index (χ1) is 15.5. The first-order valence-corrected chi connectivity index (χ1v) is 12.6. The zero-order chi connectivity index (χ0) is 23.7. The van der Waals surface area contributed by atoms with Crippen molar-refractivity contribution in [2.45, 2.75) is 54.4 Å². The van der Waals surface area contributed by atoms with E-state index in [1.54, 1.807) is 12.4 Å². The molecule has 0 unspecified atom stereocenters. The maximum Gasteiger partial charge on any atom is 0.122 e. The Morgan fingerprint density at radius 2 is 0.906 bits per heavy atom. The van der Waals surface area contributed by atoms with E-state index in [1.807, 2.05) is 24.3 Å². The van der Waals surface area contributed by atoms with Gasteiger partial charge >= 0.3 is 0 Å². The van der Waals surface area contributed by atoms with Crippen LogP contribution in [0.3, 0.4) is 0 Å². The van der Waals surface area contributed by atoms with Crippen molar-refractivity contribution in [3.05, 3.63) is 35.4 Å². The van der Waals surface area contributed by atoms with E-state index in [0.29, 0.717) is 13.2 Å². The molecular formula is C26H48N4O2+2. The highest BCUT2D eigenvalue weighted by Crippen LogP contribution is 2.08. The van der Waals surface area contributed by atoms with Crippen molar-refractivity contribution in [3.8, 4) is 0 Å². The van der Waals surface area contributed by atoms with E-state index >= 15 is 0 Å². The van der Waals surface area contributed by atoms with Gasteiger partial charge in [0, 0.05) is 12.8 Å². The Morgan fingerprint density at radius 3 is 1.19 bits per heavy atom. The molecule has 182 valence electrons. The van der Waals surface area contributed by atoms with Gasteiger partial charge in [-0.1, -0.05) is 34.6 Å². The topological polar surface area (TPSA) is 43.2 Å². The van der Waals surface area contributed by atoms with E-state index in [-0.39, 0.29) is 0 Å². The lowest BCUT2D eigenvalue weighted by molar-refractivity contribution is -0.923. The molecule has 0 atom stereocenters. The number of hydrogen-bond donors (Lipinski definition) is 0. The summed E-state index contributed by atoms with van der Waals surface area (Å²) in [5.74, 6) is 0. The van der Waals surface area contributed by atoms with Gasteiger partial charge in [-0.05, 0) is 52.7 Å². The third-order valence-corrected chi connectivity index (χ3v) is 7.25. The monoisotopic (exact) mass is 448 g/mol. The number of quaternary nitrogens is 2. The number of nitrogens with zero attached hydrogens (tertiary/aromatic N) is 4. The summed E-state index contributed by atoms with van der Waals surface area (Å²) in [5, 5.41) is 8.23. The van der Waals surface area contributed by atoms with Crippen LogP contribution in [0.4, 0.5) is 0 Å². The van der Waals surface area contributed by atoms with Crippen LogP contribution in [0.1, 0.15) is 65.5 Å². The summed E-state index contributed by atoms with van der Waals surface area (Å²) in [7, 11) is 0. The highest BCUT2D eigenvalue weighted by molar-refractivity contribution is 5.83. The molecule has 0 amide bonds. The molecule has 0 saturated heterocycles. The van der Waals surface area contributed by atoms with Crippen molar-refractivity contribution in [2.75, 3.05) is 65.6 Å². The quantitative estimate of drug-likeness (QED) is 0.138. The lowest BCUT2D eigenvalue weighted by Gasteiger charge is -2.35. The van der Waals surface area contributed by atoms with Crippen LogP contribution in [0.2, 0.25) is 0 Å². The molecule has 6 nitrogen and oxygen atoms in total. The van der Waals surface area contributed by atoms with E-state index in [2.05, 4.69) is 51.9 Å². The van der Waals surface area contributed by atoms with Crippen LogP contribution in [-0.2, 0) is 9.68 Å². The summed E-state index contributed by atoms with van der Waals surface area (Å²) in [6.45, 7) is 24.3. The highest BCUT2D eigenvalue weighted by atomic mass is 16.6. The Morgan fingerprint density at radius 1 is 0.594 bits per heavy atom. The van der Waals surface area contributed by atoms with Crippen LogP contribution in [0.25, 0.3) is 0 Å². The van der Waals surface area contributed by atoms with Crippen LogP contribution >= 0.6 is 0 Å². The summed E-state index contributed by atoms with van der Waals surface area (Å²) in [5.41, 5.74) is 2.02. The number of benzene rings is 1. The third kappa shape index (κ3) is 9.70. The fourth-order valence-electron chi connectivity index (χ4n) is 4.19. The normalized spacial score (nSPS) is 12.7. The predicted octanol–water partition coefficient (Wildman–Crippen LogP) is 4.92. The standard InChI is InChI=1S/C26H48N4O2/c1-7-29(8-2,9-3)19-13-21-31-27-23-25-15-17-26(18-16-25)24-28-32-22-14-20-30(10-4,11-5)12-6/h15-18,23-24H,7-14,19-22H2,1-6H3/q+2/b27-23-,28-24-. The fraction of sp³-hybridized carbons (Fsp3) is 0.692. The molecule has 0 heterocycles. The Labute approximate surface area is 197 Å². The third-order valence-electron chi connectivity index (χ3n) is 7.25. The van der Waals surface area contributed by atoms with E-state index in [9.17, 15) is 0 Å². The van der Waals surface area contributed by atoms with Crippen molar-refractivity contribution >= 4 is 12.4 Å². The van der Waals surface area contributed by atoms with Crippen LogP contribution in [0.15, 0.2) is 34.6 Å². The second kappa shape index (κ2) is 15.8.